The van der Waals surface area contributed by atoms with Crippen LogP contribution in [0.25, 0.3) is 0 Å². The molecule has 0 saturated carbocycles. The van der Waals surface area contributed by atoms with E-state index in [4.69, 9.17) is 21.6 Å². The summed E-state index contributed by atoms with van der Waals surface area (Å²) in [5.74, 6) is 2.37. The van der Waals surface area contributed by atoms with Gasteiger partial charge in [0.15, 0.2) is 0 Å². The van der Waals surface area contributed by atoms with Gasteiger partial charge in [0.05, 0.1) is 24.6 Å². The van der Waals surface area contributed by atoms with Crippen LogP contribution in [-0.4, -0.2) is 39.2 Å². The molecule has 22 heavy (non-hydrogen) atoms. The van der Waals surface area contributed by atoms with E-state index in [2.05, 4.69) is 48.1 Å². The van der Waals surface area contributed by atoms with Gasteiger partial charge < -0.3 is 9.30 Å². The molecule has 0 atom stereocenters. The Labute approximate surface area is 154 Å². The third kappa shape index (κ3) is 11.4. The number of aromatic nitrogens is 3. The molecule has 0 bridgehead atoms. The minimum atomic E-state index is 0.659. The molecule has 0 aromatic carbocycles. The van der Waals surface area contributed by atoms with E-state index in [1.807, 2.05) is 11.6 Å². The van der Waals surface area contributed by atoms with Gasteiger partial charge in [0.25, 0.3) is 0 Å². The molecule has 8 heteroatoms. The molecule has 0 radical (unpaired) electrons. The second kappa shape index (κ2) is 15.7. The van der Waals surface area contributed by atoms with Crippen LogP contribution in [0.4, 0.5) is 0 Å². The van der Waals surface area contributed by atoms with Gasteiger partial charge >= 0.3 is 0 Å². The Morgan fingerprint density at radius 1 is 1.41 bits per heavy atom. The zero-order valence-corrected chi connectivity index (χ0v) is 16.8. The zero-order chi connectivity index (χ0) is 16.6. The fourth-order valence-electron chi connectivity index (χ4n) is 1.28. The lowest BCUT2D eigenvalue weighted by molar-refractivity contribution is -0.0203. The van der Waals surface area contributed by atoms with Crippen molar-refractivity contribution < 1.29 is 4.74 Å². The van der Waals surface area contributed by atoms with Crippen LogP contribution in [0.1, 0.15) is 31.5 Å². The van der Waals surface area contributed by atoms with Crippen molar-refractivity contribution in [3.8, 4) is 6.07 Å². The third-order valence-electron chi connectivity index (χ3n) is 2.77. The van der Waals surface area contributed by atoms with Gasteiger partial charge in [0.2, 0.25) is 0 Å². The molecular weight excluding hydrogens is 435 g/mol. The van der Waals surface area contributed by atoms with Crippen molar-refractivity contribution in [1.82, 2.24) is 14.8 Å². The second-order valence-electron chi connectivity index (χ2n) is 4.71. The molecule has 1 fully saturated rings. The van der Waals surface area contributed by atoms with Gasteiger partial charge in [-0.05, 0) is 12.8 Å². The van der Waals surface area contributed by atoms with Crippen LogP contribution in [0.2, 0.25) is 0 Å². The summed E-state index contributed by atoms with van der Waals surface area (Å²) in [5.41, 5.74) is 0. The quantitative estimate of drug-likeness (QED) is 0.477. The average molecular weight is 459 g/mol. The van der Waals surface area contributed by atoms with Crippen molar-refractivity contribution in [3.05, 3.63) is 12.2 Å². The first-order chi connectivity index (χ1) is 10.7. The van der Waals surface area contributed by atoms with Gasteiger partial charge in [-0.3, -0.25) is 0 Å². The van der Waals surface area contributed by atoms with Crippen molar-refractivity contribution in [2.75, 3.05) is 24.4 Å². The van der Waals surface area contributed by atoms with E-state index in [0.29, 0.717) is 12.3 Å². The molecule has 1 aliphatic heterocycles. The number of halogens is 3. The van der Waals surface area contributed by atoms with Gasteiger partial charge in [-0.15, -0.1) is 21.8 Å². The fraction of sp³-hybridized carbons (Fsp3) is 0.786. The fourth-order valence-corrected chi connectivity index (χ4v) is 2.36. The van der Waals surface area contributed by atoms with Crippen molar-refractivity contribution in [1.29, 1.82) is 5.26 Å². The smallest absolute Gasteiger partial charge is 0.143 e. The monoisotopic (exact) mass is 456 g/mol. The highest BCUT2D eigenvalue weighted by Crippen LogP contribution is 2.10. The lowest BCUT2D eigenvalue weighted by Gasteiger charge is -2.22. The van der Waals surface area contributed by atoms with Gasteiger partial charge in [0.1, 0.15) is 12.2 Å². The number of nitrogens with zero attached hydrogens (tertiary/aromatic N) is 4. The van der Waals surface area contributed by atoms with Crippen LogP contribution >= 0.6 is 43.5 Å². The van der Waals surface area contributed by atoms with E-state index in [0.717, 1.165) is 42.0 Å². The molecule has 1 aliphatic rings. The maximum absolute atomic E-state index is 8.10. The molecule has 0 unspecified atom stereocenters. The molecule has 5 nitrogen and oxygen atoms in total. The summed E-state index contributed by atoms with van der Waals surface area (Å²) < 4.78 is 6.71. The highest BCUT2D eigenvalue weighted by molar-refractivity contribution is 9.09. The highest BCUT2D eigenvalue weighted by atomic mass is 79.9. The Balaban J connectivity index is 0.000000304. The normalized spacial score (nSPS) is 13.0. The Hall–Kier alpha value is -0.160. The standard InChI is InChI=1S/C6H10BrN.C4H6BrN3.C4H7ClO/c7-5-3-1-2-4-6-8;1-8-3-6-7-4(8)2-5;5-1-4-2-6-3-4/h1-5H2;3H,2H2,1H3;4H,1-3H2. The molecule has 2 rings (SSSR count). The number of hydrogen-bond donors (Lipinski definition) is 0. The summed E-state index contributed by atoms with van der Waals surface area (Å²) in [6.45, 7) is 1.76. The molecule has 2 heterocycles. The van der Waals surface area contributed by atoms with Gasteiger partial charge in [0, 0.05) is 30.6 Å². The maximum atomic E-state index is 8.10. The summed E-state index contributed by atoms with van der Waals surface area (Å²) >= 11 is 12.0. The van der Waals surface area contributed by atoms with E-state index < -0.39 is 0 Å². The third-order valence-corrected chi connectivity index (χ3v) is 4.27. The number of rotatable bonds is 6. The van der Waals surface area contributed by atoms with Crippen LogP contribution in [0.5, 0.6) is 0 Å². The van der Waals surface area contributed by atoms with E-state index in [1.165, 1.54) is 12.8 Å². The Bertz CT molecular complexity index is 405. The average Bonchev–Trinajstić information content (AvgIpc) is 2.89. The number of nitriles is 1. The first kappa shape index (κ1) is 21.8. The lowest BCUT2D eigenvalue weighted by atomic mass is 10.1. The Kier molecular flexibility index (Phi) is 15.6. The largest absolute Gasteiger partial charge is 0.381 e. The van der Waals surface area contributed by atoms with Crippen molar-refractivity contribution in [3.63, 3.8) is 0 Å². The number of alkyl halides is 3. The Morgan fingerprint density at radius 2 is 2.14 bits per heavy atom. The van der Waals surface area contributed by atoms with Gasteiger partial charge in [-0.2, -0.15) is 5.26 Å². The highest BCUT2D eigenvalue weighted by Gasteiger charge is 2.15. The van der Waals surface area contributed by atoms with Crippen LogP contribution in [0, 0.1) is 17.2 Å². The topological polar surface area (TPSA) is 63.7 Å². The lowest BCUT2D eigenvalue weighted by Crippen LogP contribution is -2.28. The second-order valence-corrected chi connectivity index (χ2v) is 6.37. The molecule has 1 saturated heterocycles. The van der Waals surface area contributed by atoms with Crippen molar-refractivity contribution >= 4 is 43.5 Å². The molecule has 0 N–H and O–H groups in total. The molecule has 0 aliphatic carbocycles. The zero-order valence-electron chi connectivity index (χ0n) is 12.8. The van der Waals surface area contributed by atoms with Crippen LogP contribution in [-0.2, 0) is 17.1 Å². The molecule has 1 aromatic rings. The summed E-state index contributed by atoms with van der Waals surface area (Å²) in [7, 11) is 1.91. The summed E-state index contributed by atoms with van der Waals surface area (Å²) in [4.78, 5) is 0. The van der Waals surface area contributed by atoms with Gasteiger partial charge in [-0.1, -0.05) is 38.3 Å². The molecular formula is C14H23Br2ClN4O. The predicted octanol–water partition coefficient (Wildman–Crippen LogP) is 4.05. The molecule has 126 valence electrons. The molecule has 0 amide bonds. The van der Waals surface area contributed by atoms with E-state index in [1.54, 1.807) is 6.33 Å². The maximum Gasteiger partial charge on any atom is 0.143 e. The molecule has 1 aromatic heterocycles. The van der Waals surface area contributed by atoms with E-state index in [-0.39, 0.29) is 0 Å². The number of ether oxygens (including phenoxy) is 1. The SMILES string of the molecule is ClCC1COC1.Cn1cnnc1CBr.N#CCCCCCBr. The van der Waals surface area contributed by atoms with Gasteiger partial charge in [-0.25, -0.2) is 0 Å². The van der Waals surface area contributed by atoms with E-state index in [9.17, 15) is 0 Å². The van der Waals surface area contributed by atoms with Crippen LogP contribution in [0.3, 0.4) is 0 Å². The van der Waals surface area contributed by atoms with Crippen molar-refractivity contribution in [2.45, 2.75) is 31.0 Å². The van der Waals surface area contributed by atoms with Crippen LogP contribution < -0.4 is 0 Å². The van der Waals surface area contributed by atoms with Crippen LogP contribution in [0.15, 0.2) is 6.33 Å². The first-order valence-electron chi connectivity index (χ1n) is 7.15. The number of hydrogen-bond acceptors (Lipinski definition) is 4. The van der Waals surface area contributed by atoms with Crippen molar-refractivity contribution in [2.24, 2.45) is 13.0 Å². The Morgan fingerprint density at radius 3 is 2.41 bits per heavy atom. The summed E-state index contributed by atoms with van der Waals surface area (Å²) in [6.07, 6.45) is 5.83. The predicted molar refractivity (Wildman–Crippen MR) is 96.5 cm³/mol. The first-order valence-corrected chi connectivity index (χ1v) is 9.92. The number of aryl methyl sites for hydroxylation is 1. The number of unbranched alkanes of at least 4 members (excludes halogenated alkanes) is 3. The van der Waals surface area contributed by atoms with E-state index >= 15 is 0 Å². The minimum absolute atomic E-state index is 0.659. The summed E-state index contributed by atoms with van der Waals surface area (Å²) in [5, 5.41) is 17.4. The molecule has 0 spiro atoms. The minimum Gasteiger partial charge on any atom is -0.381 e. The summed E-state index contributed by atoms with van der Waals surface area (Å²) in [6, 6.07) is 2.11.